The molecule has 0 aromatic carbocycles. The van der Waals surface area contributed by atoms with Gasteiger partial charge in [-0.05, 0) is 56.8 Å². The maximum Gasteiger partial charge on any atom is 0.0849 e. The van der Waals surface area contributed by atoms with E-state index in [2.05, 4.69) is 53.4 Å². The summed E-state index contributed by atoms with van der Waals surface area (Å²) in [5.74, 6) is 2.31. The molecule has 0 saturated heterocycles. The summed E-state index contributed by atoms with van der Waals surface area (Å²) in [5, 5.41) is 5.57. The molecule has 3 atom stereocenters. The summed E-state index contributed by atoms with van der Waals surface area (Å²) >= 11 is 10.5. The number of alkyl halides is 1. The first kappa shape index (κ1) is 17.3. The smallest absolute Gasteiger partial charge is 0.0849 e. The molecular weight excluding hydrogens is 348 g/mol. The van der Waals surface area contributed by atoms with Crippen molar-refractivity contribution >= 4 is 27.5 Å². The predicted octanol–water partition coefficient (Wildman–Crippen LogP) is 5.50. The minimum absolute atomic E-state index is 0.619. The monoisotopic (exact) mass is 374 g/mol. The number of halogens is 2. The molecular formula is C17H28BrClN2. The zero-order valence-electron chi connectivity index (χ0n) is 13.7. The molecule has 3 unspecified atom stereocenters. The van der Waals surface area contributed by atoms with Gasteiger partial charge in [0.1, 0.15) is 0 Å². The van der Waals surface area contributed by atoms with Crippen LogP contribution in [0.4, 0.5) is 0 Å². The Balaban J connectivity index is 2.18. The van der Waals surface area contributed by atoms with E-state index in [4.69, 9.17) is 11.6 Å². The lowest BCUT2D eigenvalue weighted by atomic mass is 9.74. The van der Waals surface area contributed by atoms with Gasteiger partial charge in [0.2, 0.25) is 0 Å². The van der Waals surface area contributed by atoms with E-state index in [0.29, 0.717) is 10.7 Å². The van der Waals surface area contributed by atoms with Crippen LogP contribution in [0.2, 0.25) is 5.02 Å². The van der Waals surface area contributed by atoms with Crippen molar-refractivity contribution in [1.82, 2.24) is 9.78 Å². The van der Waals surface area contributed by atoms with Crippen molar-refractivity contribution in [3.05, 3.63) is 16.4 Å². The molecule has 21 heavy (non-hydrogen) atoms. The van der Waals surface area contributed by atoms with E-state index < -0.39 is 0 Å². The number of hydrogen-bond donors (Lipinski definition) is 0. The molecule has 0 N–H and O–H groups in total. The highest BCUT2D eigenvalue weighted by molar-refractivity contribution is 9.09. The molecule has 1 fully saturated rings. The van der Waals surface area contributed by atoms with Gasteiger partial charge in [0.05, 0.1) is 16.4 Å². The van der Waals surface area contributed by atoms with Crippen molar-refractivity contribution in [2.75, 3.05) is 0 Å². The van der Waals surface area contributed by atoms with Crippen molar-refractivity contribution in [2.24, 2.45) is 17.8 Å². The van der Waals surface area contributed by atoms with Crippen molar-refractivity contribution in [3.8, 4) is 0 Å². The topological polar surface area (TPSA) is 17.8 Å². The van der Waals surface area contributed by atoms with Crippen molar-refractivity contribution in [1.29, 1.82) is 0 Å². The van der Waals surface area contributed by atoms with Gasteiger partial charge < -0.3 is 0 Å². The Bertz CT molecular complexity index is 470. The number of hydrogen-bond acceptors (Lipinski definition) is 1. The first-order valence-electron chi connectivity index (χ1n) is 8.35. The fourth-order valence-electron chi connectivity index (χ4n) is 3.54. The Morgan fingerprint density at radius 3 is 2.62 bits per heavy atom. The second-order valence-corrected chi connectivity index (χ2v) is 8.23. The second kappa shape index (κ2) is 7.50. The maximum atomic E-state index is 6.58. The zero-order chi connectivity index (χ0) is 15.6. The average molecular weight is 376 g/mol. The minimum Gasteiger partial charge on any atom is -0.268 e. The molecule has 1 aliphatic carbocycles. The van der Waals surface area contributed by atoms with Gasteiger partial charge in [0.25, 0.3) is 0 Å². The quantitative estimate of drug-likeness (QED) is 0.621. The van der Waals surface area contributed by atoms with Crippen LogP contribution in [0.15, 0.2) is 0 Å². The average Bonchev–Trinajstić information content (AvgIpc) is 2.77. The van der Waals surface area contributed by atoms with Crippen LogP contribution in [-0.2, 0) is 19.4 Å². The van der Waals surface area contributed by atoms with Gasteiger partial charge >= 0.3 is 0 Å². The fourth-order valence-corrected chi connectivity index (χ4v) is 4.55. The molecule has 4 heteroatoms. The zero-order valence-corrected chi connectivity index (χ0v) is 16.0. The molecule has 0 spiro atoms. The molecule has 0 radical (unpaired) electrons. The summed E-state index contributed by atoms with van der Waals surface area (Å²) in [5.41, 5.74) is 2.30. The van der Waals surface area contributed by atoms with Crippen molar-refractivity contribution < 1.29 is 0 Å². The fraction of sp³-hybridized carbons (Fsp3) is 0.824. The highest BCUT2D eigenvalue weighted by Crippen LogP contribution is 2.40. The van der Waals surface area contributed by atoms with Crippen LogP contribution < -0.4 is 0 Å². The Kier molecular flexibility index (Phi) is 6.19. The van der Waals surface area contributed by atoms with Crippen LogP contribution in [0, 0.1) is 17.8 Å². The maximum absolute atomic E-state index is 6.58. The van der Waals surface area contributed by atoms with Gasteiger partial charge in [-0.25, -0.2) is 0 Å². The van der Waals surface area contributed by atoms with E-state index in [0.717, 1.165) is 41.9 Å². The van der Waals surface area contributed by atoms with Crippen molar-refractivity contribution in [2.45, 2.75) is 71.2 Å². The molecule has 1 heterocycles. The van der Waals surface area contributed by atoms with Gasteiger partial charge in [-0.15, -0.1) is 0 Å². The number of aromatic nitrogens is 2. The second-order valence-electron chi connectivity index (χ2n) is 6.67. The molecule has 1 saturated carbocycles. The van der Waals surface area contributed by atoms with E-state index in [9.17, 15) is 0 Å². The summed E-state index contributed by atoms with van der Waals surface area (Å²) in [6.07, 6.45) is 5.91. The van der Waals surface area contributed by atoms with Gasteiger partial charge in [-0.3, -0.25) is 4.68 Å². The van der Waals surface area contributed by atoms with E-state index in [1.165, 1.54) is 25.0 Å². The van der Waals surface area contributed by atoms with Crippen LogP contribution in [0.25, 0.3) is 0 Å². The normalized spacial score (nSPS) is 26.5. The molecule has 1 aromatic rings. The highest BCUT2D eigenvalue weighted by atomic mass is 79.9. The van der Waals surface area contributed by atoms with Crippen LogP contribution in [0.3, 0.4) is 0 Å². The van der Waals surface area contributed by atoms with Gasteiger partial charge in [-0.1, -0.05) is 48.3 Å². The van der Waals surface area contributed by atoms with Crippen LogP contribution >= 0.6 is 27.5 Å². The van der Waals surface area contributed by atoms with E-state index in [-0.39, 0.29) is 0 Å². The third-order valence-electron chi connectivity index (χ3n) is 5.02. The summed E-state index contributed by atoms with van der Waals surface area (Å²) in [7, 11) is 0. The Morgan fingerprint density at radius 2 is 2.05 bits per heavy atom. The Morgan fingerprint density at radius 1 is 1.33 bits per heavy atom. The SMILES string of the molecule is CCc1nn(CC)c(CC2CC(C(C)C)CCC2Br)c1Cl. The lowest BCUT2D eigenvalue weighted by molar-refractivity contribution is 0.220. The Labute approximate surface area is 142 Å². The van der Waals surface area contributed by atoms with Gasteiger partial charge in [-0.2, -0.15) is 5.10 Å². The molecule has 120 valence electrons. The third kappa shape index (κ3) is 3.85. The minimum atomic E-state index is 0.619. The van der Waals surface area contributed by atoms with Crippen molar-refractivity contribution in [3.63, 3.8) is 0 Å². The van der Waals surface area contributed by atoms with Gasteiger partial charge in [0.15, 0.2) is 0 Å². The molecule has 2 rings (SSSR count). The number of nitrogens with zero attached hydrogens (tertiary/aromatic N) is 2. The molecule has 0 aliphatic heterocycles. The van der Waals surface area contributed by atoms with Crippen LogP contribution in [0.1, 0.15) is 58.3 Å². The lowest BCUT2D eigenvalue weighted by Crippen LogP contribution is -2.29. The molecule has 0 bridgehead atoms. The van der Waals surface area contributed by atoms with Crippen LogP contribution in [0.5, 0.6) is 0 Å². The predicted molar refractivity (Wildman–Crippen MR) is 94.4 cm³/mol. The first-order valence-corrected chi connectivity index (χ1v) is 9.65. The van der Waals surface area contributed by atoms with E-state index in [1.54, 1.807) is 0 Å². The summed E-state index contributed by atoms with van der Waals surface area (Å²) in [4.78, 5) is 0.619. The summed E-state index contributed by atoms with van der Waals surface area (Å²) < 4.78 is 2.11. The van der Waals surface area contributed by atoms with Gasteiger partial charge in [0, 0.05) is 11.4 Å². The number of rotatable bonds is 5. The van der Waals surface area contributed by atoms with E-state index >= 15 is 0 Å². The largest absolute Gasteiger partial charge is 0.268 e. The van der Waals surface area contributed by atoms with E-state index in [1.807, 2.05) is 0 Å². The first-order chi connectivity index (χ1) is 9.97. The molecule has 2 nitrogen and oxygen atoms in total. The lowest BCUT2D eigenvalue weighted by Gasteiger charge is -2.35. The molecule has 0 amide bonds. The number of aryl methyl sites for hydroxylation is 2. The molecule has 1 aromatic heterocycles. The van der Waals surface area contributed by atoms with Crippen LogP contribution in [-0.4, -0.2) is 14.6 Å². The highest BCUT2D eigenvalue weighted by Gasteiger charge is 2.32. The standard InChI is InChI=1S/C17H28BrClN2/c1-5-15-17(19)16(21(6-2)20-15)10-13-9-12(11(3)4)7-8-14(13)18/h11-14H,5-10H2,1-4H3. The summed E-state index contributed by atoms with van der Waals surface area (Å²) in [6.45, 7) is 9.89. The summed E-state index contributed by atoms with van der Waals surface area (Å²) in [6, 6.07) is 0. The third-order valence-corrected chi connectivity index (χ3v) is 6.66. The Hall–Kier alpha value is -0.0200. The molecule has 1 aliphatic rings.